The number of ether oxygens (including phenoxy) is 1. The van der Waals surface area contributed by atoms with Gasteiger partial charge in [0.2, 0.25) is 0 Å². The summed E-state index contributed by atoms with van der Waals surface area (Å²) in [6.07, 6.45) is 3.37. The number of rotatable bonds is 10. The van der Waals surface area contributed by atoms with E-state index >= 15 is 0 Å². The van der Waals surface area contributed by atoms with Gasteiger partial charge >= 0.3 is 0 Å². The molecule has 0 spiro atoms. The Bertz CT molecular complexity index is 734. The van der Waals surface area contributed by atoms with Crippen LogP contribution in [0.3, 0.4) is 0 Å². The summed E-state index contributed by atoms with van der Waals surface area (Å²) < 4.78 is 7.11. The number of guanidine groups is 1. The summed E-state index contributed by atoms with van der Waals surface area (Å²) in [5, 5.41) is 16.0. The molecule has 148 valence electrons. The summed E-state index contributed by atoms with van der Waals surface area (Å²) in [6, 6.07) is 5.55. The smallest absolute Gasteiger partial charge is 0.191 e. The van der Waals surface area contributed by atoms with Crippen LogP contribution in [0, 0.1) is 0 Å². The van der Waals surface area contributed by atoms with Crippen molar-refractivity contribution in [1.82, 2.24) is 25.4 Å². The molecule has 2 rings (SSSR count). The average molecular weight is 413 g/mol. The Morgan fingerprint density at radius 2 is 2.07 bits per heavy atom. The summed E-state index contributed by atoms with van der Waals surface area (Å²) in [5.74, 6) is 1.71. The van der Waals surface area contributed by atoms with E-state index in [2.05, 4.69) is 32.7 Å². The predicted octanol–water partition coefficient (Wildman–Crippen LogP) is 2.57. The Kier molecular flexibility index (Phi) is 9.38. The fraction of sp³-hybridized carbons (Fsp3) is 0.500. The van der Waals surface area contributed by atoms with Crippen molar-refractivity contribution in [3.8, 4) is 0 Å². The third kappa shape index (κ3) is 7.36. The zero-order chi connectivity index (χ0) is 19.5. The summed E-state index contributed by atoms with van der Waals surface area (Å²) in [6.45, 7) is 5.40. The molecular formula is C18H26Cl2N6O. The van der Waals surface area contributed by atoms with Crippen LogP contribution in [-0.4, -0.2) is 54.1 Å². The zero-order valence-corrected chi connectivity index (χ0v) is 17.2. The van der Waals surface area contributed by atoms with Gasteiger partial charge in [-0.1, -0.05) is 36.2 Å². The molecule has 0 saturated carbocycles. The molecule has 0 radical (unpaired) electrons. The summed E-state index contributed by atoms with van der Waals surface area (Å²) in [7, 11) is 1.66. The van der Waals surface area contributed by atoms with E-state index in [9.17, 15) is 0 Å². The lowest BCUT2D eigenvalue weighted by molar-refractivity contribution is 0.208. The van der Waals surface area contributed by atoms with E-state index in [1.165, 1.54) is 0 Å². The van der Waals surface area contributed by atoms with Gasteiger partial charge in [0, 0.05) is 43.2 Å². The summed E-state index contributed by atoms with van der Waals surface area (Å²) in [5.41, 5.74) is 1.04. The van der Waals surface area contributed by atoms with E-state index in [1.54, 1.807) is 19.5 Å². The molecule has 0 bridgehead atoms. The number of aryl methyl sites for hydroxylation is 1. The Hall–Kier alpha value is -1.83. The van der Waals surface area contributed by atoms with Crippen molar-refractivity contribution < 1.29 is 4.74 Å². The van der Waals surface area contributed by atoms with E-state index < -0.39 is 0 Å². The summed E-state index contributed by atoms with van der Waals surface area (Å²) >= 11 is 12.2. The minimum atomic E-state index is 0.571. The van der Waals surface area contributed by atoms with E-state index in [1.807, 2.05) is 16.7 Å². The van der Waals surface area contributed by atoms with Gasteiger partial charge in [0.25, 0.3) is 0 Å². The predicted molar refractivity (Wildman–Crippen MR) is 110 cm³/mol. The first-order chi connectivity index (χ1) is 13.1. The molecule has 0 fully saturated rings. The van der Waals surface area contributed by atoms with Crippen molar-refractivity contribution in [3.63, 3.8) is 0 Å². The number of hydrogen-bond acceptors (Lipinski definition) is 4. The lowest BCUT2D eigenvalue weighted by Gasteiger charge is -2.14. The van der Waals surface area contributed by atoms with Gasteiger partial charge in [-0.15, -0.1) is 10.2 Å². The topological polar surface area (TPSA) is 76.4 Å². The molecule has 7 nitrogen and oxygen atoms in total. The first-order valence-corrected chi connectivity index (χ1v) is 9.71. The number of aromatic nitrogens is 3. The molecule has 2 aromatic rings. The number of nitrogens with zero attached hydrogens (tertiary/aromatic N) is 4. The summed E-state index contributed by atoms with van der Waals surface area (Å²) in [4.78, 5) is 4.52. The number of aliphatic imine (C=N–C) groups is 1. The van der Waals surface area contributed by atoms with Gasteiger partial charge in [-0.05, 0) is 24.1 Å². The molecule has 2 N–H and O–H groups in total. The van der Waals surface area contributed by atoms with Crippen molar-refractivity contribution in [2.75, 3.05) is 33.4 Å². The Labute approximate surface area is 170 Å². The van der Waals surface area contributed by atoms with Crippen LogP contribution in [0.4, 0.5) is 0 Å². The van der Waals surface area contributed by atoms with Gasteiger partial charge in [-0.2, -0.15) is 0 Å². The maximum absolute atomic E-state index is 6.23. The second-order valence-corrected chi connectivity index (χ2v) is 6.70. The second-order valence-electron chi connectivity index (χ2n) is 5.86. The minimum Gasteiger partial charge on any atom is -0.383 e. The van der Waals surface area contributed by atoms with Gasteiger partial charge in [-0.3, -0.25) is 4.99 Å². The third-order valence-electron chi connectivity index (χ3n) is 3.92. The molecule has 27 heavy (non-hydrogen) atoms. The lowest BCUT2D eigenvalue weighted by Crippen LogP contribution is -2.40. The van der Waals surface area contributed by atoms with Gasteiger partial charge in [-0.25, -0.2) is 0 Å². The molecule has 1 aromatic heterocycles. The van der Waals surface area contributed by atoms with Crippen LogP contribution in [0.25, 0.3) is 0 Å². The number of benzene rings is 1. The zero-order valence-electron chi connectivity index (χ0n) is 15.7. The largest absolute Gasteiger partial charge is 0.383 e. The van der Waals surface area contributed by atoms with Crippen LogP contribution in [0.5, 0.6) is 0 Å². The molecule has 9 heteroatoms. The quantitative estimate of drug-likeness (QED) is 0.356. The SMILES string of the molecule is CCc1nncn1CCNC(=NCCOC)NCCc1ccc(Cl)cc1Cl. The van der Waals surface area contributed by atoms with Crippen LogP contribution >= 0.6 is 23.2 Å². The molecule has 1 aromatic carbocycles. The van der Waals surface area contributed by atoms with E-state index in [4.69, 9.17) is 27.9 Å². The normalized spacial score (nSPS) is 11.6. The van der Waals surface area contributed by atoms with Gasteiger partial charge in [0.05, 0.1) is 13.2 Å². The van der Waals surface area contributed by atoms with Crippen LogP contribution in [0.1, 0.15) is 18.3 Å². The Morgan fingerprint density at radius 3 is 2.81 bits per heavy atom. The van der Waals surface area contributed by atoms with Gasteiger partial charge in [0.1, 0.15) is 12.2 Å². The van der Waals surface area contributed by atoms with E-state index in [0.29, 0.717) is 36.3 Å². The monoisotopic (exact) mass is 412 g/mol. The number of hydrogen-bond donors (Lipinski definition) is 2. The third-order valence-corrected chi connectivity index (χ3v) is 4.51. The molecule has 0 aliphatic heterocycles. The highest BCUT2D eigenvalue weighted by Crippen LogP contribution is 2.20. The van der Waals surface area contributed by atoms with Crippen LogP contribution in [0.15, 0.2) is 29.5 Å². The standard InChI is InChI=1S/C18H26Cl2N6O/c1-3-17-25-24-13-26(17)10-8-22-18(23-9-11-27-2)21-7-6-14-4-5-15(19)12-16(14)20/h4-5,12-13H,3,6-11H2,1-2H3,(H2,21,22,23). The van der Waals surface area contributed by atoms with Gasteiger partial charge < -0.3 is 19.9 Å². The molecule has 0 unspecified atom stereocenters. The maximum Gasteiger partial charge on any atom is 0.191 e. The van der Waals surface area contributed by atoms with Crippen molar-refractivity contribution in [2.24, 2.45) is 4.99 Å². The Morgan fingerprint density at radius 1 is 1.26 bits per heavy atom. The molecule has 0 atom stereocenters. The first kappa shape index (κ1) is 21.5. The first-order valence-electron chi connectivity index (χ1n) is 8.95. The molecule has 0 amide bonds. The highest BCUT2D eigenvalue weighted by molar-refractivity contribution is 6.35. The van der Waals surface area contributed by atoms with E-state index in [-0.39, 0.29) is 0 Å². The van der Waals surface area contributed by atoms with Gasteiger partial charge in [0.15, 0.2) is 5.96 Å². The van der Waals surface area contributed by atoms with Crippen molar-refractivity contribution in [3.05, 3.63) is 46.0 Å². The fourth-order valence-electron chi connectivity index (χ4n) is 2.50. The van der Waals surface area contributed by atoms with Crippen LogP contribution < -0.4 is 10.6 Å². The van der Waals surface area contributed by atoms with Crippen molar-refractivity contribution in [2.45, 2.75) is 26.3 Å². The second kappa shape index (κ2) is 11.8. The molecule has 0 saturated heterocycles. The highest BCUT2D eigenvalue weighted by atomic mass is 35.5. The van der Waals surface area contributed by atoms with Crippen molar-refractivity contribution >= 4 is 29.2 Å². The maximum atomic E-state index is 6.23. The Balaban J connectivity index is 1.84. The van der Waals surface area contributed by atoms with E-state index in [0.717, 1.165) is 36.7 Å². The van der Waals surface area contributed by atoms with Crippen LogP contribution in [-0.2, 0) is 24.1 Å². The molecule has 1 heterocycles. The highest BCUT2D eigenvalue weighted by Gasteiger charge is 2.04. The average Bonchev–Trinajstić information content (AvgIpc) is 3.10. The molecule has 0 aliphatic rings. The van der Waals surface area contributed by atoms with Crippen molar-refractivity contribution in [1.29, 1.82) is 0 Å². The number of nitrogens with one attached hydrogen (secondary N) is 2. The number of halogens is 2. The number of methoxy groups -OCH3 is 1. The molecular weight excluding hydrogens is 387 g/mol. The minimum absolute atomic E-state index is 0.571. The lowest BCUT2D eigenvalue weighted by atomic mass is 10.1. The van der Waals surface area contributed by atoms with Crippen LogP contribution in [0.2, 0.25) is 10.0 Å². The molecule has 0 aliphatic carbocycles. The fourth-order valence-corrected chi connectivity index (χ4v) is 3.00.